The summed E-state index contributed by atoms with van der Waals surface area (Å²) < 4.78 is 11.5. The smallest absolute Gasteiger partial charge is 0.336 e. The van der Waals surface area contributed by atoms with E-state index in [9.17, 15) is 4.79 Å². The van der Waals surface area contributed by atoms with Crippen LogP contribution in [0.3, 0.4) is 0 Å². The van der Waals surface area contributed by atoms with Crippen LogP contribution in [0.25, 0.3) is 11.0 Å². The van der Waals surface area contributed by atoms with Gasteiger partial charge >= 0.3 is 5.63 Å². The molecule has 0 amide bonds. The molecule has 0 saturated heterocycles. The van der Waals surface area contributed by atoms with E-state index in [0.717, 1.165) is 47.2 Å². The van der Waals surface area contributed by atoms with Crippen LogP contribution in [0, 0.1) is 0 Å². The molecule has 1 aliphatic rings. The van der Waals surface area contributed by atoms with Gasteiger partial charge in [0, 0.05) is 16.5 Å². The molecular formula is C21H19Cl2NO3. The zero-order valence-corrected chi connectivity index (χ0v) is 16.4. The molecule has 27 heavy (non-hydrogen) atoms. The quantitative estimate of drug-likeness (QED) is 0.516. The van der Waals surface area contributed by atoms with Crippen molar-refractivity contribution >= 4 is 39.9 Å². The number of halogens is 2. The Bertz CT molecular complexity index is 1060. The Hall–Kier alpha value is -2.17. The van der Waals surface area contributed by atoms with Crippen LogP contribution in [0.2, 0.25) is 10.0 Å². The third-order valence-corrected chi connectivity index (χ3v) is 5.37. The average Bonchev–Trinajstić information content (AvgIpc) is 2.65. The lowest BCUT2D eigenvalue weighted by molar-refractivity contribution is 0.289. The van der Waals surface area contributed by atoms with Gasteiger partial charge in [0.05, 0.1) is 22.8 Å². The van der Waals surface area contributed by atoms with Crippen LogP contribution in [-0.2, 0) is 13.0 Å². The van der Waals surface area contributed by atoms with E-state index in [2.05, 4.69) is 6.92 Å². The molecule has 0 atom stereocenters. The standard InChI is InChI=1S/C21H19Cl2NO3/c1-2-3-4-13-9-20(25)27-21-15(13)6-8-19-16(21)11-24(12-26-19)18-7-5-14(22)10-17(18)23/h5-10H,2-4,11-12H2,1H3. The largest absolute Gasteiger partial charge is 0.473 e. The molecule has 3 aromatic rings. The molecule has 0 saturated carbocycles. The summed E-state index contributed by atoms with van der Waals surface area (Å²) in [7, 11) is 0. The van der Waals surface area contributed by atoms with Gasteiger partial charge in [0.25, 0.3) is 0 Å². The van der Waals surface area contributed by atoms with Crippen molar-refractivity contribution in [3.63, 3.8) is 0 Å². The second-order valence-corrected chi connectivity index (χ2v) is 7.52. The first-order valence-corrected chi connectivity index (χ1v) is 9.74. The normalized spacial score (nSPS) is 13.5. The van der Waals surface area contributed by atoms with Gasteiger partial charge in [-0.05, 0) is 48.7 Å². The van der Waals surface area contributed by atoms with Crippen molar-refractivity contribution in [2.24, 2.45) is 0 Å². The maximum atomic E-state index is 12.1. The zero-order valence-electron chi connectivity index (χ0n) is 14.9. The summed E-state index contributed by atoms with van der Waals surface area (Å²) in [5.41, 5.74) is 2.98. The third-order valence-electron chi connectivity index (χ3n) is 4.83. The first-order valence-electron chi connectivity index (χ1n) is 8.98. The van der Waals surface area contributed by atoms with Crippen LogP contribution in [-0.4, -0.2) is 6.73 Å². The monoisotopic (exact) mass is 403 g/mol. The number of nitrogens with zero attached hydrogens (tertiary/aromatic N) is 1. The second-order valence-electron chi connectivity index (χ2n) is 6.68. The van der Waals surface area contributed by atoms with E-state index in [1.54, 1.807) is 18.2 Å². The Kier molecular flexibility index (Phi) is 5.02. The Morgan fingerprint density at radius 2 is 2.00 bits per heavy atom. The molecule has 6 heteroatoms. The molecule has 140 valence electrons. The molecule has 0 bridgehead atoms. The number of rotatable bonds is 4. The van der Waals surface area contributed by atoms with Crippen LogP contribution in [0.5, 0.6) is 5.75 Å². The number of hydrogen-bond acceptors (Lipinski definition) is 4. The highest BCUT2D eigenvalue weighted by atomic mass is 35.5. The fourth-order valence-corrected chi connectivity index (χ4v) is 3.99. The summed E-state index contributed by atoms with van der Waals surface area (Å²) in [5, 5.41) is 2.11. The van der Waals surface area contributed by atoms with E-state index in [4.69, 9.17) is 32.4 Å². The van der Waals surface area contributed by atoms with Gasteiger partial charge in [-0.2, -0.15) is 0 Å². The number of unbranched alkanes of at least 4 members (excludes halogenated alkanes) is 1. The Balaban J connectivity index is 1.79. The number of ether oxygens (including phenoxy) is 1. The average molecular weight is 404 g/mol. The van der Waals surface area contributed by atoms with Gasteiger partial charge in [0.15, 0.2) is 6.73 Å². The molecular weight excluding hydrogens is 385 g/mol. The number of aryl methyl sites for hydroxylation is 1. The number of fused-ring (bicyclic) bond motifs is 3. The van der Waals surface area contributed by atoms with Crippen molar-refractivity contribution in [2.45, 2.75) is 32.7 Å². The molecule has 4 rings (SSSR count). The van der Waals surface area contributed by atoms with Gasteiger partial charge in [0.1, 0.15) is 11.3 Å². The SMILES string of the molecule is CCCCc1cc(=O)oc2c3c(ccc12)OCN(c1ccc(Cl)cc1Cl)C3. The zero-order chi connectivity index (χ0) is 19.0. The van der Waals surface area contributed by atoms with Crippen molar-refractivity contribution in [1.82, 2.24) is 0 Å². The number of benzene rings is 2. The Labute approximate surface area is 167 Å². The fourth-order valence-electron chi connectivity index (χ4n) is 3.46. The van der Waals surface area contributed by atoms with Crippen LogP contribution in [0.4, 0.5) is 5.69 Å². The Morgan fingerprint density at radius 3 is 2.78 bits per heavy atom. The van der Waals surface area contributed by atoms with Gasteiger partial charge in [-0.25, -0.2) is 4.79 Å². The van der Waals surface area contributed by atoms with Crippen molar-refractivity contribution < 1.29 is 9.15 Å². The fraction of sp³-hybridized carbons (Fsp3) is 0.286. The highest BCUT2D eigenvalue weighted by Gasteiger charge is 2.24. The number of hydrogen-bond donors (Lipinski definition) is 0. The van der Waals surface area contributed by atoms with Crippen LogP contribution in [0.15, 0.2) is 45.6 Å². The van der Waals surface area contributed by atoms with Gasteiger partial charge in [-0.3, -0.25) is 0 Å². The van der Waals surface area contributed by atoms with Gasteiger partial charge in [-0.1, -0.05) is 36.5 Å². The van der Waals surface area contributed by atoms with E-state index in [-0.39, 0.29) is 5.63 Å². The summed E-state index contributed by atoms with van der Waals surface area (Å²) in [6, 6.07) is 10.9. The van der Waals surface area contributed by atoms with Crippen molar-refractivity contribution in [2.75, 3.05) is 11.6 Å². The third kappa shape index (κ3) is 3.52. The number of anilines is 1. The maximum Gasteiger partial charge on any atom is 0.336 e. The van der Waals surface area contributed by atoms with E-state index in [0.29, 0.717) is 28.9 Å². The molecule has 2 heterocycles. The van der Waals surface area contributed by atoms with Crippen molar-refractivity contribution in [3.05, 3.63) is 68.0 Å². The lowest BCUT2D eigenvalue weighted by Gasteiger charge is -2.31. The summed E-state index contributed by atoms with van der Waals surface area (Å²) in [6.45, 7) is 3.03. The molecule has 2 aromatic carbocycles. The summed E-state index contributed by atoms with van der Waals surface area (Å²) in [6.07, 6.45) is 2.95. The first-order chi connectivity index (χ1) is 13.1. The van der Waals surface area contributed by atoms with Crippen LogP contribution >= 0.6 is 23.2 Å². The molecule has 0 spiro atoms. The molecule has 4 nitrogen and oxygen atoms in total. The van der Waals surface area contributed by atoms with Crippen LogP contribution in [0.1, 0.15) is 30.9 Å². The molecule has 0 fully saturated rings. The molecule has 0 unspecified atom stereocenters. The lowest BCUT2D eigenvalue weighted by atomic mass is 10.0. The second kappa shape index (κ2) is 7.45. The molecule has 0 aliphatic carbocycles. The minimum atomic E-state index is -0.330. The molecule has 0 radical (unpaired) electrons. The van der Waals surface area contributed by atoms with E-state index in [1.165, 1.54) is 0 Å². The molecule has 1 aromatic heterocycles. The summed E-state index contributed by atoms with van der Waals surface area (Å²) in [5.74, 6) is 0.736. The van der Waals surface area contributed by atoms with E-state index < -0.39 is 0 Å². The Morgan fingerprint density at radius 1 is 1.15 bits per heavy atom. The first kappa shape index (κ1) is 18.2. The predicted molar refractivity (Wildman–Crippen MR) is 109 cm³/mol. The summed E-state index contributed by atoms with van der Waals surface area (Å²) >= 11 is 12.4. The van der Waals surface area contributed by atoms with E-state index >= 15 is 0 Å². The minimum Gasteiger partial charge on any atom is -0.473 e. The van der Waals surface area contributed by atoms with E-state index in [1.807, 2.05) is 23.1 Å². The molecule has 0 N–H and O–H groups in total. The van der Waals surface area contributed by atoms with Crippen molar-refractivity contribution in [3.8, 4) is 5.75 Å². The van der Waals surface area contributed by atoms with Crippen LogP contribution < -0.4 is 15.3 Å². The molecule has 1 aliphatic heterocycles. The maximum absolute atomic E-state index is 12.1. The highest BCUT2D eigenvalue weighted by Crippen LogP contribution is 2.37. The van der Waals surface area contributed by atoms with Gasteiger partial charge < -0.3 is 14.1 Å². The highest BCUT2D eigenvalue weighted by molar-refractivity contribution is 6.36. The van der Waals surface area contributed by atoms with Gasteiger partial charge in [0.2, 0.25) is 0 Å². The lowest BCUT2D eigenvalue weighted by Crippen LogP contribution is -2.32. The predicted octanol–water partition coefficient (Wildman–Crippen LogP) is 5.80. The topological polar surface area (TPSA) is 42.7 Å². The van der Waals surface area contributed by atoms with Crippen molar-refractivity contribution in [1.29, 1.82) is 0 Å². The minimum absolute atomic E-state index is 0.330. The van der Waals surface area contributed by atoms with Gasteiger partial charge in [-0.15, -0.1) is 0 Å². The summed E-state index contributed by atoms with van der Waals surface area (Å²) in [4.78, 5) is 14.1.